The lowest BCUT2D eigenvalue weighted by Gasteiger charge is -2.07. The zero-order valence-corrected chi connectivity index (χ0v) is 18.4. The Morgan fingerprint density at radius 3 is 2.30 bits per heavy atom. The van der Waals surface area contributed by atoms with E-state index in [0.29, 0.717) is 17.8 Å². The topological polar surface area (TPSA) is 85.1 Å². The van der Waals surface area contributed by atoms with Crippen molar-refractivity contribution in [3.8, 4) is 5.69 Å². The van der Waals surface area contributed by atoms with Crippen molar-refractivity contribution >= 4 is 39.1 Å². The number of halogens is 1. The minimum atomic E-state index is -0.295. The van der Waals surface area contributed by atoms with Crippen LogP contribution in [0.4, 0.5) is 11.4 Å². The molecule has 2 amide bonds. The molecule has 3 aromatic rings. The van der Waals surface area contributed by atoms with Gasteiger partial charge >= 0.3 is 0 Å². The molecule has 0 atom stereocenters. The maximum Gasteiger partial charge on any atom is 0.295 e. The van der Waals surface area contributed by atoms with Crippen LogP contribution >= 0.6 is 15.9 Å². The summed E-state index contributed by atoms with van der Waals surface area (Å²) in [4.78, 5) is 37.2. The number of anilines is 2. The molecule has 0 unspecified atom stereocenters. The molecule has 1 heterocycles. The third-order valence-electron chi connectivity index (χ3n) is 4.73. The number of carbonyl (C=O) groups is 2. The Morgan fingerprint density at radius 2 is 1.63 bits per heavy atom. The maximum absolute atomic E-state index is 12.8. The number of carbonyl (C=O) groups excluding carboxylic acids is 2. The minimum absolute atomic E-state index is 0.144. The fourth-order valence-corrected chi connectivity index (χ4v) is 3.51. The van der Waals surface area contributed by atoms with E-state index in [1.807, 2.05) is 42.5 Å². The molecule has 1 aromatic heterocycles. The summed E-state index contributed by atoms with van der Waals surface area (Å²) in [6.45, 7) is 1.78. The van der Waals surface area contributed by atoms with E-state index in [1.54, 1.807) is 30.8 Å². The predicted octanol–water partition coefficient (Wildman–Crippen LogP) is 3.99. The molecule has 0 fully saturated rings. The first-order valence-electron chi connectivity index (χ1n) is 9.56. The van der Waals surface area contributed by atoms with E-state index in [0.717, 1.165) is 10.2 Å². The molecular weight excluding hydrogens is 448 g/mol. The van der Waals surface area contributed by atoms with Crippen LogP contribution < -0.4 is 16.2 Å². The Balaban J connectivity index is 1.58. The highest BCUT2D eigenvalue weighted by Crippen LogP contribution is 2.17. The van der Waals surface area contributed by atoms with Crippen molar-refractivity contribution in [1.29, 1.82) is 0 Å². The van der Waals surface area contributed by atoms with E-state index in [1.165, 1.54) is 4.68 Å². The summed E-state index contributed by atoms with van der Waals surface area (Å²) in [5.74, 6) is -0.459. The van der Waals surface area contributed by atoms with Crippen molar-refractivity contribution in [3.63, 3.8) is 0 Å². The number of nitrogens with zero attached hydrogens (tertiary/aromatic N) is 2. The first-order chi connectivity index (χ1) is 14.4. The Hall–Kier alpha value is -3.13. The summed E-state index contributed by atoms with van der Waals surface area (Å²) in [5.41, 5.74) is 2.04. The standard InChI is InChI=1S/C22H23BrN4O3/c1-15-21(22(30)27(26(15)2)18-10-4-3-5-11-18)25-20(29)13-7-12-19(28)24-17-9-6-8-16(23)14-17/h3-6,8-11,14H,7,12-13H2,1-2H3,(H,24,28)(H,25,29). The van der Waals surface area contributed by atoms with Crippen LogP contribution in [0, 0.1) is 6.92 Å². The van der Waals surface area contributed by atoms with Gasteiger partial charge in [-0.1, -0.05) is 40.2 Å². The summed E-state index contributed by atoms with van der Waals surface area (Å²) in [7, 11) is 1.77. The maximum atomic E-state index is 12.8. The molecule has 2 N–H and O–H groups in total. The third kappa shape index (κ3) is 5.07. The molecule has 7 nitrogen and oxygen atoms in total. The number of para-hydroxylation sites is 1. The smallest absolute Gasteiger partial charge is 0.295 e. The van der Waals surface area contributed by atoms with Gasteiger partial charge in [0.25, 0.3) is 5.56 Å². The van der Waals surface area contributed by atoms with Gasteiger partial charge in [-0.2, -0.15) is 0 Å². The number of benzene rings is 2. The van der Waals surface area contributed by atoms with Gasteiger partial charge in [-0.3, -0.25) is 19.1 Å². The second-order valence-electron chi connectivity index (χ2n) is 6.90. The fraction of sp³-hybridized carbons (Fsp3) is 0.227. The van der Waals surface area contributed by atoms with Crippen molar-refractivity contribution in [1.82, 2.24) is 9.36 Å². The van der Waals surface area contributed by atoms with Gasteiger partial charge in [0.05, 0.1) is 11.4 Å². The van der Waals surface area contributed by atoms with E-state index in [9.17, 15) is 14.4 Å². The zero-order valence-electron chi connectivity index (χ0n) is 16.8. The van der Waals surface area contributed by atoms with E-state index in [4.69, 9.17) is 0 Å². The van der Waals surface area contributed by atoms with E-state index in [-0.39, 0.29) is 35.9 Å². The van der Waals surface area contributed by atoms with E-state index >= 15 is 0 Å². The number of rotatable bonds is 7. The summed E-state index contributed by atoms with van der Waals surface area (Å²) in [5, 5.41) is 5.51. The largest absolute Gasteiger partial charge is 0.326 e. The highest BCUT2D eigenvalue weighted by atomic mass is 79.9. The molecule has 0 aliphatic rings. The Labute approximate surface area is 182 Å². The predicted molar refractivity (Wildman–Crippen MR) is 121 cm³/mol. The van der Waals surface area contributed by atoms with Gasteiger partial charge in [0.2, 0.25) is 11.8 Å². The fourth-order valence-electron chi connectivity index (χ4n) is 3.11. The SMILES string of the molecule is Cc1c(NC(=O)CCCC(=O)Nc2cccc(Br)c2)c(=O)n(-c2ccccc2)n1C. The molecule has 2 aromatic carbocycles. The Kier molecular flexibility index (Phi) is 6.89. The average Bonchev–Trinajstić information content (AvgIpc) is 2.92. The summed E-state index contributed by atoms with van der Waals surface area (Å²) < 4.78 is 4.09. The first kappa shape index (κ1) is 21.6. The lowest BCUT2D eigenvalue weighted by atomic mass is 10.2. The van der Waals surface area contributed by atoms with Crippen LogP contribution in [0.15, 0.2) is 63.9 Å². The van der Waals surface area contributed by atoms with Gasteiger partial charge in [-0.15, -0.1) is 0 Å². The van der Waals surface area contributed by atoms with Gasteiger partial charge in [0, 0.05) is 30.0 Å². The second kappa shape index (κ2) is 9.58. The van der Waals surface area contributed by atoms with Gasteiger partial charge in [0.1, 0.15) is 5.69 Å². The third-order valence-corrected chi connectivity index (χ3v) is 5.23. The van der Waals surface area contributed by atoms with Crippen LogP contribution in [0.1, 0.15) is 25.0 Å². The molecule has 30 heavy (non-hydrogen) atoms. The Bertz CT molecular complexity index is 1120. The first-order valence-corrected chi connectivity index (χ1v) is 10.4. The highest BCUT2D eigenvalue weighted by molar-refractivity contribution is 9.10. The average molecular weight is 471 g/mol. The summed E-state index contributed by atoms with van der Waals surface area (Å²) in [6, 6.07) is 16.5. The van der Waals surface area contributed by atoms with Crippen LogP contribution in [0.2, 0.25) is 0 Å². The van der Waals surface area contributed by atoms with Crippen LogP contribution in [-0.4, -0.2) is 21.2 Å². The lowest BCUT2D eigenvalue weighted by molar-refractivity contribution is -0.117. The molecule has 0 radical (unpaired) electrons. The summed E-state index contributed by atoms with van der Waals surface area (Å²) in [6.07, 6.45) is 0.734. The number of amides is 2. The van der Waals surface area contributed by atoms with Crippen LogP contribution in [0.25, 0.3) is 5.69 Å². The molecule has 0 aliphatic carbocycles. The van der Waals surface area contributed by atoms with Gasteiger partial charge in [-0.25, -0.2) is 4.68 Å². The van der Waals surface area contributed by atoms with Crippen molar-refractivity contribution < 1.29 is 9.59 Å². The van der Waals surface area contributed by atoms with Gasteiger partial charge < -0.3 is 10.6 Å². The molecule has 0 bridgehead atoms. The van der Waals surface area contributed by atoms with Gasteiger partial charge in [0.15, 0.2) is 0 Å². The Morgan fingerprint density at radius 1 is 0.967 bits per heavy atom. The molecule has 156 valence electrons. The number of hydrogen-bond donors (Lipinski definition) is 2. The molecule has 0 spiro atoms. The van der Waals surface area contributed by atoms with Crippen LogP contribution in [0.5, 0.6) is 0 Å². The quantitative estimate of drug-likeness (QED) is 0.547. The molecule has 3 rings (SSSR count). The van der Waals surface area contributed by atoms with E-state index in [2.05, 4.69) is 26.6 Å². The molecule has 0 saturated heterocycles. The van der Waals surface area contributed by atoms with Crippen LogP contribution in [0.3, 0.4) is 0 Å². The minimum Gasteiger partial charge on any atom is -0.326 e. The zero-order chi connectivity index (χ0) is 21.7. The molecular formula is C22H23BrN4O3. The normalized spacial score (nSPS) is 10.6. The van der Waals surface area contributed by atoms with E-state index < -0.39 is 0 Å². The van der Waals surface area contributed by atoms with Crippen molar-refractivity contribution in [2.75, 3.05) is 10.6 Å². The van der Waals surface area contributed by atoms with Crippen LogP contribution in [-0.2, 0) is 16.6 Å². The number of nitrogens with one attached hydrogen (secondary N) is 2. The summed E-state index contributed by atoms with van der Waals surface area (Å²) >= 11 is 3.36. The second-order valence-corrected chi connectivity index (χ2v) is 7.81. The van der Waals surface area contributed by atoms with Crippen molar-refractivity contribution in [3.05, 3.63) is 75.1 Å². The number of aromatic nitrogens is 2. The molecule has 0 saturated carbocycles. The number of hydrogen-bond acceptors (Lipinski definition) is 3. The lowest BCUT2D eigenvalue weighted by Crippen LogP contribution is -2.23. The van der Waals surface area contributed by atoms with Gasteiger partial charge in [-0.05, 0) is 43.7 Å². The molecule has 0 aliphatic heterocycles. The highest BCUT2D eigenvalue weighted by Gasteiger charge is 2.18. The monoisotopic (exact) mass is 470 g/mol. The molecule has 8 heteroatoms. The van der Waals surface area contributed by atoms with Crippen molar-refractivity contribution in [2.45, 2.75) is 26.2 Å². The van der Waals surface area contributed by atoms with Crippen molar-refractivity contribution in [2.24, 2.45) is 7.05 Å².